The van der Waals surface area contributed by atoms with E-state index >= 15 is 0 Å². The molecule has 0 spiro atoms. The molecule has 0 aliphatic carbocycles. The predicted molar refractivity (Wildman–Crippen MR) is 158 cm³/mol. The van der Waals surface area contributed by atoms with Crippen molar-refractivity contribution in [1.29, 1.82) is 0 Å². The lowest BCUT2D eigenvalue weighted by Gasteiger charge is -2.34. The van der Waals surface area contributed by atoms with Crippen LogP contribution in [-0.4, -0.2) is 80.3 Å². The summed E-state index contributed by atoms with van der Waals surface area (Å²) in [6.45, 7) is 9.51. The maximum absolute atomic E-state index is 9.55. The molecule has 0 unspecified atom stereocenters. The van der Waals surface area contributed by atoms with Crippen LogP contribution in [0.3, 0.4) is 0 Å². The summed E-state index contributed by atoms with van der Waals surface area (Å²) in [7, 11) is 0. The Hall–Kier alpha value is -4.28. The van der Waals surface area contributed by atoms with Crippen LogP contribution in [0.15, 0.2) is 72.8 Å². The van der Waals surface area contributed by atoms with Crippen molar-refractivity contribution in [3.8, 4) is 0 Å². The SMILES string of the molecule is Cc1cccc(CN2CCC(CN3CCCc4ccccc4C3)CC2)c1.O=C(O)C=CC(=O)O.O=C(O)C=CC(=O)O. The molecule has 10 nitrogen and oxygen atoms in total. The normalized spacial score (nSPS) is 15.9. The number of hydrogen-bond donors (Lipinski definition) is 4. The van der Waals surface area contributed by atoms with E-state index in [4.69, 9.17) is 20.4 Å². The quantitative estimate of drug-likeness (QED) is 0.336. The Labute approximate surface area is 246 Å². The van der Waals surface area contributed by atoms with E-state index in [1.807, 2.05) is 0 Å². The first-order valence-corrected chi connectivity index (χ1v) is 13.9. The van der Waals surface area contributed by atoms with Crippen LogP contribution in [0.25, 0.3) is 0 Å². The average molecular weight is 581 g/mol. The lowest BCUT2D eigenvalue weighted by Crippen LogP contribution is -2.38. The Morgan fingerprint density at radius 1 is 0.738 bits per heavy atom. The van der Waals surface area contributed by atoms with Crippen molar-refractivity contribution in [3.05, 3.63) is 95.1 Å². The van der Waals surface area contributed by atoms with Crippen LogP contribution < -0.4 is 0 Å². The van der Waals surface area contributed by atoms with E-state index in [0.717, 1.165) is 19.0 Å². The van der Waals surface area contributed by atoms with Crippen LogP contribution in [0, 0.1) is 12.8 Å². The monoisotopic (exact) mass is 580 g/mol. The highest BCUT2D eigenvalue weighted by atomic mass is 16.4. The number of benzene rings is 2. The van der Waals surface area contributed by atoms with E-state index in [1.54, 1.807) is 11.1 Å². The molecule has 42 heavy (non-hydrogen) atoms. The fraction of sp³-hybridized carbons (Fsp3) is 0.375. The minimum Gasteiger partial charge on any atom is -0.478 e. The number of carboxylic acid groups (broad SMARTS) is 4. The fourth-order valence-corrected chi connectivity index (χ4v) is 4.97. The summed E-state index contributed by atoms with van der Waals surface area (Å²) in [4.78, 5) is 43.6. The van der Waals surface area contributed by atoms with Crippen LogP contribution in [0.5, 0.6) is 0 Å². The van der Waals surface area contributed by atoms with Crippen molar-refractivity contribution in [1.82, 2.24) is 9.80 Å². The second kappa shape index (κ2) is 18.2. The zero-order valence-corrected chi connectivity index (χ0v) is 23.9. The van der Waals surface area contributed by atoms with Gasteiger partial charge in [0, 0.05) is 43.9 Å². The number of nitrogens with zero attached hydrogens (tertiary/aromatic N) is 2. The van der Waals surface area contributed by atoms with Gasteiger partial charge < -0.3 is 20.4 Å². The molecule has 4 N–H and O–H groups in total. The van der Waals surface area contributed by atoms with Gasteiger partial charge in [0.2, 0.25) is 0 Å². The first-order chi connectivity index (χ1) is 20.0. The summed E-state index contributed by atoms with van der Waals surface area (Å²) in [6.07, 6.45) is 7.49. The topological polar surface area (TPSA) is 156 Å². The minimum atomic E-state index is -1.26. The number of hydrogen-bond acceptors (Lipinski definition) is 6. The molecule has 226 valence electrons. The summed E-state index contributed by atoms with van der Waals surface area (Å²) in [5.41, 5.74) is 5.97. The third-order valence-corrected chi connectivity index (χ3v) is 6.88. The highest BCUT2D eigenvalue weighted by molar-refractivity contribution is 5.90. The molecule has 0 aromatic heterocycles. The Morgan fingerprint density at radius 3 is 1.81 bits per heavy atom. The van der Waals surface area contributed by atoms with E-state index in [1.165, 1.54) is 63.0 Å². The molecule has 0 saturated carbocycles. The molecule has 2 aromatic carbocycles. The molecule has 2 aromatic rings. The molecule has 0 bridgehead atoms. The zero-order valence-electron chi connectivity index (χ0n) is 23.9. The largest absolute Gasteiger partial charge is 0.478 e. The van der Waals surface area contributed by atoms with Gasteiger partial charge in [-0.3, -0.25) is 9.80 Å². The summed E-state index contributed by atoms with van der Waals surface area (Å²) < 4.78 is 0. The van der Waals surface area contributed by atoms with Crippen LogP contribution >= 0.6 is 0 Å². The molecule has 1 fully saturated rings. The second-order valence-corrected chi connectivity index (χ2v) is 10.3. The Bertz CT molecular complexity index is 1180. The van der Waals surface area contributed by atoms with Crippen molar-refractivity contribution in [2.24, 2.45) is 5.92 Å². The van der Waals surface area contributed by atoms with Gasteiger partial charge in [0.05, 0.1) is 0 Å². The number of carbonyl (C=O) groups is 4. The van der Waals surface area contributed by atoms with Crippen LogP contribution in [0.1, 0.15) is 41.5 Å². The molecule has 4 rings (SSSR count). The van der Waals surface area contributed by atoms with Gasteiger partial charge in [-0.1, -0.05) is 54.1 Å². The molecule has 2 aliphatic heterocycles. The Kier molecular flexibility index (Phi) is 14.7. The molecular formula is C32H40N2O8. The van der Waals surface area contributed by atoms with Crippen molar-refractivity contribution in [2.75, 3.05) is 26.2 Å². The minimum absolute atomic E-state index is 0.558. The Morgan fingerprint density at radius 2 is 1.29 bits per heavy atom. The lowest BCUT2D eigenvalue weighted by molar-refractivity contribution is -0.134. The third kappa shape index (κ3) is 14.4. The number of carboxylic acids is 4. The van der Waals surface area contributed by atoms with Crippen molar-refractivity contribution >= 4 is 23.9 Å². The van der Waals surface area contributed by atoms with Gasteiger partial charge in [-0.05, 0) is 74.8 Å². The van der Waals surface area contributed by atoms with E-state index in [2.05, 4.69) is 65.3 Å². The maximum Gasteiger partial charge on any atom is 0.328 e. The van der Waals surface area contributed by atoms with Gasteiger partial charge in [-0.2, -0.15) is 0 Å². The summed E-state index contributed by atoms with van der Waals surface area (Å²) in [5, 5.41) is 31.2. The number of aryl methyl sites for hydroxylation is 2. The average Bonchev–Trinajstić information content (AvgIpc) is 3.14. The first-order valence-electron chi connectivity index (χ1n) is 13.9. The Balaban J connectivity index is 0.000000319. The van der Waals surface area contributed by atoms with Gasteiger partial charge in [-0.25, -0.2) is 19.2 Å². The number of piperidine rings is 1. The molecule has 0 radical (unpaired) electrons. The summed E-state index contributed by atoms with van der Waals surface area (Å²) >= 11 is 0. The summed E-state index contributed by atoms with van der Waals surface area (Å²) in [6, 6.07) is 18.0. The van der Waals surface area contributed by atoms with Gasteiger partial charge in [-0.15, -0.1) is 0 Å². The van der Waals surface area contributed by atoms with Crippen molar-refractivity contribution in [2.45, 2.75) is 45.7 Å². The molecule has 2 aliphatic rings. The standard InChI is InChI=1S/C24H32N2.2C4H4O4/c1-20-6-4-7-22(16-20)18-25-14-11-21(12-15-25)17-26-13-5-10-23-8-2-3-9-24(23)19-26;2*5-3(6)1-2-4(7)8/h2-4,6-9,16,21H,5,10-15,17-19H2,1H3;2*1-2H,(H,5,6)(H,7,8). The van der Waals surface area contributed by atoms with E-state index in [9.17, 15) is 19.2 Å². The molecule has 0 amide bonds. The van der Waals surface area contributed by atoms with Gasteiger partial charge in [0.1, 0.15) is 0 Å². The number of fused-ring (bicyclic) bond motifs is 1. The molecule has 10 heteroatoms. The van der Waals surface area contributed by atoms with Gasteiger partial charge >= 0.3 is 23.9 Å². The molecule has 2 heterocycles. The van der Waals surface area contributed by atoms with E-state index in [0.29, 0.717) is 24.3 Å². The number of aliphatic carboxylic acids is 4. The zero-order chi connectivity index (χ0) is 30.9. The van der Waals surface area contributed by atoms with Gasteiger partial charge in [0.25, 0.3) is 0 Å². The highest BCUT2D eigenvalue weighted by Crippen LogP contribution is 2.24. The number of rotatable bonds is 8. The maximum atomic E-state index is 9.55. The number of likely N-dealkylation sites (tertiary alicyclic amines) is 1. The highest BCUT2D eigenvalue weighted by Gasteiger charge is 2.23. The predicted octanol–water partition coefficient (Wildman–Crippen LogP) is 4.08. The fourth-order valence-electron chi connectivity index (χ4n) is 4.97. The van der Waals surface area contributed by atoms with Crippen LogP contribution in [-0.2, 0) is 38.7 Å². The summed E-state index contributed by atoms with van der Waals surface area (Å²) in [5.74, 6) is -4.16. The first kappa shape index (κ1) is 33.9. The second-order valence-electron chi connectivity index (χ2n) is 10.3. The molecule has 1 saturated heterocycles. The van der Waals surface area contributed by atoms with E-state index in [-0.39, 0.29) is 0 Å². The van der Waals surface area contributed by atoms with Crippen molar-refractivity contribution in [3.63, 3.8) is 0 Å². The smallest absolute Gasteiger partial charge is 0.328 e. The molecule has 0 atom stereocenters. The van der Waals surface area contributed by atoms with Crippen molar-refractivity contribution < 1.29 is 39.6 Å². The van der Waals surface area contributed by atoms with Gasteiger partial charge in [0.15, 0.2) is 0 Å². The van der Waals surface area contributed by atoms with Crippen LogP contribution in [0.4, 0.5) is 0 Å². The molecular weight excluding hydrogens is 540 g/mol. The van der Waals surface area contributed by atoms with Crippen LogP contribution in [0.2, 0.25) is 0 Å². The third-order valence-electron chi connectivity index (χ3n) is 6.88. The van der Waals surface area contributed by atoms with E-state index < -0.39 is 23.9 Å². The lowest BCUT2D eigenvalue weighted by atomic mass is 9.95.